The lowest BCUT2D eigenvalue weighted by molar-refractivity contribution is 0.242. The lowest BCUT2D eigenvalue weighted by Gasteiger charge is -2.24. The van der Waals surface area contributed by atoms with E-state index in [0.29, 0.717) is 11.5 Å². The zero-order chi connectivity index (χ0) is 17.4. The number of urea groups is 1. The number of rotatable bonds is 4. The number of carbonyl (C=O) groups is 1. The highest BCUT2D eigenvalue weighted by Crippen LogP contribution is 2.47. The molecular formula is C20H22N2O3. The summed E-state index contributed by atoms with van der Waals surface area (Å²) in [4.78, 5) is 14.7. The predicted molar refractivity (Wildman–Crippen MR) is 96.5 cm³/mol. The molecular weight excluding hydrogens is 316 g/mol. The molecule has 2 aromatic carbocycles. The third-order valence-electron chi connectivity index (χ3n) is 5.16. The van der Waals surface area contributed by atoms with Gasteiger partial charge in [-0.05, 0) is 48.6 Å². The Kier molecular flexibility index (Phi) is 3.79. The maximum Gasteiger partial charge on any atom is 0.322 e. The van der Waals surface area contributed by atoms with Gasteiger partial charge in [0.25, 0.3) is 0 Å². The number of nitrogens with zero attached hydrogens (tertiary/aromatic N) is 1. The van der Waals surface area contributed by atoms with E-state index in [1.54, 1.807) is 14.2 Å². The Morgan fingerprint density at radius 2 is 1.84 bits per heavy atom. The molecule has 25 heavy (non-hydrogen) atoms. The Balaban J connectivity index is 1.56. The summed E-state index contributed by atoms with van der Waals surface area (Å²) in [5.41, 5.74) is 3.01. The zero-order valence-corrected chi connectivity index (χ0v) is 14.5. The number of hydrogen-bond donors (Lipinski definition) is 1. The first-order chi connectivity index (χ1) is 12.2. The van der Waals surface area contributed by atoms with E-state index >= 15 is 0 Å². The van der Waals surface area contributed by atoms with Gasteiger partial charge in [0, 0.05) is 12.2 Å². The molecule has 0 spiro atoms. The van der Waals surface area contributed by atoms with Gasteiger partial charge in [-0.25, -0.2) is 4.79 Å². The van der Waals surface area contributed by atoms with E-state index in [1.807, 2.05) is 41.3 Å². The van der Waals surface area contributed by atoms with Crippen molar-refractivity contribution in [1.82, 2.24) is 5.32 Å². The second-order valence-electron chi connectivity index (χ2n) is 6.61. The minimum absolute atomic E-state index is 0.0303. The highest BCUT2D eigenvalue weighted by Gasteiger charge is 2.47. The standard InChI is InChI=1S/C20H22N2O3/c1-24-17-8-7-15(13-18(17)25-2)20(10-11-20)21-19(23)22-12-9-14-5-3-4-6-16(14)22/h3-8,13H,9-12H2,1-2H3,(H,21,23). The molecule has 2 amide bonds. The number of methoxy groups -OCH3 is 2. The van der Waals surface area contributed by atoms with Crippen molar-refractivity contribution >= 4 is 11.7 Å². The van der Waals surface area contributed by atoms with Crippen molar-refractivity contribution < 1.29 is 14.3 Å². The SMILES string of the molecule is COc1ccc(C2(NC(=O)N3CCc4ccccc43)CC2)cc1OC. The summed E-state index contributed by atoms with van der Waals surface area (Å²) in [7, 11) is 3.25. The summed E-state index contributed by atoms with van der Waals surface area (Å²) in [6, 6.07) is 13.9. The second kappa shape index (κ2) is 5.99. The quantitative estimate of drug-likeness (QED) is 0.929. The number of nitrogens with one attached hydrogen (secondary N) is 1. The predicted octanol–water partition coefficient (Wildman–Crippen LogP) is 3.47. The van der Waals surface area contributed by atoms with Crippen molar-refractivity contribution in [2.24, 2.45) is 0 Å². The molecule has 4 rings (SSSR count). The van der Waals surface area contributed by atoms with E-state index < -0.39 is 0 Å². The van der Waals surface area contributed by atoms with Gasteiger partial charge in [-0.1, -0.05) is 24.3 Å². The molecule has 1 fully saturated rings. The lowest BCUT2D eigenvalue weighted by Crippen LogP contribution is -2.44. The van der Waals surface area contributed by atoms with Gasteiger partial charge >= 0.3 is 6.03 Å². The second-order valence-corrected chi connectivity index (χ2v) is 6.61. The van der Waals surface area contributed by atoms with Crippen LogP contribution in [0.5, 0.6) is 11.5 Å². The van der Waals surface area contributed by atoms with Crippen molar-refractivity contribution in [2.45, 2.75) is 24.8 Å². The van der Waals surface area contributed by atoms with E-state index in [9.17, 15) is 4.79 Å². The van der Waals surface area contributed by atoms with Crippen molar-refractivity contribution in [1.29, 1.82) is 0 Å². The molecule has 0 saturated heterocycles. The van der Waals surface area contributed by atoms with E-state index in [2.05, 4.69) is 11.4 Å². The van der Waals surface area contributed by atoms with Gasteiger partial charge in [0.1, 0.15) is 0 Å². The Labute approximate surface area is 147 Å². The van der Waals surface area contributed by atoms with Gasteiger partial charge in [0.05, 0.1) is 19.8 Å². The van der Waals surface area contributed by atoms with Gasteiger partial charge in [-0.15, -0.1) is 0 Å². The van der Waals surface area contributed by atoms with Crippen LogP contribution in [0.2, 0.25) is 0 Å². The summed E-state index contributed by atoms with van der Waals surface area (Å²) in [5.74, 6) is 1.38. The average molecular weight is 338 g/mol. The maximum atomic E-state index is 12.9. The molecule has 1 N–H and O–H groups in total. The number of amides is 2. The minimum atomic E-state index is -0.297. The van der Waals surface area contributed by atoms with Crippen LogP contribution in [0.25, 0.3) is 0 Å². The average Bonchev–Trinajstić information content (AvgIpc) is 3.30. The minimum Gasteiger partial charge on any atom is -0.493 e. The number of hydrogen-bond acceptors (Lipinski definition) is 3. The summed E-state index contributed by atoms with van der Waals surface area (Å²) < 4.78 is 10.7. The Morgan fingerprint density at radius 3 is 2.56 bits per heavy atom. The molecule has 5 heteroatoms. The number of anilines is 1. The van der Waals surface area contributed by atoms with E-state index in [-0.39, 0.29) is 11.6 Å². The smallest absolute Gasteiger partial charge is 0.322 e. The van der Waals surface area contributed by atoms with Crippen LogP contribution in [-0.2, 0) is 12.0 Å². The first-order valence-electron chi connectivity index (χ1n) is 8.57. The summed E-state index contributed by atoms with van der Waals surface area (Å²) in [6.07, 6.45) is 2.78. The highest BCUT2D eigenvalue weighted by atomic mass is 16.5. The summed E-state index contributed by atoms with van der Waals surface area (Å²) >= 11 is 0. The molecule has 0 bridgehead atoms. The van der Waals surface area contributed by atoms with Crippen molar-refractivity contribution in [3.8, 4) is 11.5 Å². The molecule has 2 aromatic rings. The fourth-order valence-corrected chi connectivity index (χ4v) is 3.57. The zero-order valence-electron chi connectivity index (χ0n) is 14.5. The van der Waals surface area contributed by atoms with Crippen LogP contribution < -0.4 is 19.7 Å². The van der Waals surface area contributed by atoms with Crippen LogP contribution in [0.3, 0.4) is 0 Å². The van der Waals surface area contributed by atoms with Gasteiger partial charge in [-0.3, -0.25) is 4.90 Å². The largest absolute Gasteiger partial charge is 0.493 e. The Morgan fingerprint density at radius 1 is 1.08 bits per heavy atom. The van der Waals surface area contributed by atoms with E-state index in [1.165, 1.54) is 5.56 Å². The first-order valence-corrected chi connectivity index (χ1v) is 8.57. The monoisotopic (exact) mass is 338 g/mol. The van der Waals surface area contributed by atoms with Gasteiger partial charge in [-0.2, -0.15) is 0 Å². The molecule has 0 aromatic heterocycles. The first kappa shape index (κ1) is 15.8. The number of ether oxygens (including phenoxy) is 2. The van der Waals surface area contributed by atoms with Crippen LogP contribution in [0.15, 0.2) is 42.5 Å². The molecule has 130 valence electrons. The van der Waals surface area contributed by atoms with Crippen LogP contribution in [0.1, 0.15) is 24.0 Å². The third kappa shape index (κ3) is 2.69. The van der Waals surface area contributed by atoms with Crippen LogP contribution in [-0.4, -0.2) is 26.8 Å². The van der Waals surface area contributed by atoms with Crippen LogP contribution in [0, 0.1) is 0 Å². The van der Waals surface area contributed by atoms with Crippen LogP contribution in [0.4, 0.5) is 10.5 Å². The van der Waals surface area contributed by atoms with Crippen molar-refractivity contribution in [3.63, 3.8) is 0 Å². The molecule has 2 aliphatic rings. The molecule has 1 saturated carbocycles. The van der Waals surface area contributed by atoms with E-state index in [0.717, 1.165) is 37.1 Å². The number of fused-ring (bicyclic) bond motifs is 1. The molecule has 1 aliphatic carbocycles. The maximum absolute atomic E-state index is 12.9. The van der Waals surface area contributed by atoms with Crippen LogP contribution >= 0.6 is 0 Å². The summed E-state index contributed by atoms with van der Waals surface area (Å²) in [6.45, 7) is 0.729. The van der Waals surface area contributed by atoms with Crippen molar-refractivity contribution in [3.05, 3.63) is 53.6 Å². The third-order valence-corrected chi connectivity index (χ3v) is 5.16. The molecule has 0 unspecified atom stereocenters. The summed E-state index contributed by atoms with van der Waals surface area (Å²) in [5, 5.41) is 3.25. The number of para-hydroxylation sites is 1. The fourth-order valence-electron chi connectivity index (χ4n) is 3.57. The fraction of sp³-hybridized carbons (Fsp3) is 0.350. The molecule has 0 radical (unpaired) electrons. The van der Waals surface area contributed by atoms with Gasteiger partial charge in [0.15, 0.2) is 11.5 Å². The van der Waals surface area contributed by atoms with Crippen molar-refractivity contribution in [2.75, 3.05) is 25.7 Å². The van der Waals surface area contributed by atoms with E-state index in [4.69, 9.17) is 9.47 Å². The normalized spacial score (nSPS) is 17.0. The molecule has 1 heterocycles. The number of benzene rings is 2. The lowest BCUT2D eigenvalue weighted by atomic mass is 10.0. The van der Waals surface area contributed by atoms with Gasteiger partial charge < -0.3 is 14.8 Å². The Hall–Kier alpha value is -2.69. The Bertz CT molecular complexity index is 814. The van der Waals surface area contributed by atoms with Gasteiger partial charge in [0.2, 0.25) is 0 Å². The topological polar surface area (TPSA) is 50.8 Å². The molecule has 1 aliphatic heterocycles. The molecule has 0 atom stereocenters. The number of carbonyl (C=O) groups excluding carboxylic acids is 1. The highest BCUT2D eigenvalue weighted by molar-refractivity contribution is 5.95. The molecule has 5 nitrogen and oxygen atoms in total.